The van der Waals surface area contributed by atoms with E-state index in [1.165, 1.54) is 18.9 Å². The molecule has 1 aliphatic rings. The van der Waals surface area contributed by atoms with E-state index in [1.807, 2.05) is 12.2 Å². The van der Waals surface area contributed by atoms with Gasteiger partial charge in [-0.2, -0.15) is 0 Å². The Labute approximate surface area is 89.0 Å². The number of rotatable bonds is 4. The molecule has 1 rings (SSSR count). The Bertz CT molecular complexity index is 210. The van der Waals surface area contributed by atoms with E-state index in [0.717, 1.165) is 12.8 Å². The fourth-order valence-corrected chi connectivity index (χ4v) is 4.99. The molecule has 0 saturated carbocycles. The summed E-state index contributed by atoms with van der Waals surface area (Å²) in [7, 11) is -1.40. The smallest absolute Gasteiger partial charge is 0.187 e. The van der Waals surface area contributed by atoms with Gasteiger partial charge in [0.2, 0.25) is 0 Å². The third-order valence-corrected chi connectivity index (χ3v) is 5.48. The van der Waals surface area contributed by atoms with Gasteiger partial charge in [0.05, 0.1) is 5.60 Å². The molecular formula is C12H22OSi. The summed E-state index contributed by atoms with van der Waals surface area (Å²) in [6.45, 7) is 12.3. The van der Waals surface area contributed by atoms with Crippen LogP contribution in [0, 0.1) is 0 Å². The third kappa shape index (κ3) is 2.82. The average Bonchev–Trinajstić information content (AvgIpc) is 2.02. The Balaban J connectivity index is 2.75. The van der Waals surface area contributed by atoms with E-state index >= 15 is 0 Å². The maximum atomic E-state index is 6.34. The van der Waals surface area contributed by atoms with E-state index in [0.29, 0.717) is 0 Å². The van der Waals surface area contributed by atoms with E-state index in [-0.39, 0.29) is 5.60 Å². The molecule has 1 aliphatic heterocycles. The van der Waals surface area contributed by atoms with E-state index in [2.05, 4.69) is 26.3 Å². The summed E-state index contributed by atoms with van der Waals surface area (Å²) < 4.78 is 6.34. The SMILES string of the molecule is C=CCC1(CC=C)CCC[Si](C)(C)O1. The summed E-state index contributed by atoms with van der Waals surface area (Å²) in [6.07, 6.45) is 8.38. The Kier molecular flexibility index (Phi) is 3.73. The van der Waals surface area contributed by atoms with Gasteiger partial charge in [-0.15, -0.1) is 13.2 Å². The van der Waals surface area contributed by atoms with Gasteiger partial charge in [-0.3, -0.25) is 0 Å². The molecule has 80 valence electrons. The Morgan fingerprint density at radius 3 is 2.29 bits per heavy atom. The molecule has 0 aromatic rings. The minimum atomic E-state index is -1.40. The average molecular weight is 210 g/mol. The van der Waals surface area contributed by atoms with Gasteiger partial charge in [0.25, 0.3) is 0 Å². The zero-order valence-electron chi connectivity index (χ0n) is 9.51. The van der Waals surface area contributed by atoms with Crippen molar-refractivity contribution in [3.63, 3.8) is 0 Å². The van der Waals surface area contributed by atoms with Crippen LogP contribution in [0.2, 0.25) is 19.1 Å². The standard InChI is InChI=1S/C12H22OSi/c1-5-8-12(9-6-2)10-7-11-14(3,4)13-12/h5-6H,1-2,7-11H2,3-4H3. The lowest BCUT2D eigenvalue weighted by atomic mass is 9.90. The second kappa shape index (κ2) is 4.45. The van der Waals surface area contributed by atoms with Gasteiger partial charge in [-0.25, -0.2) is 0 Å². The maximum Gasteiger partial charge on any atom is 0.187 e. The number of hydrogen-bond donors (Lipinski definition) is 0. The quantitative estimate of drug-likeness (QED) is 0.505. The highest BCUT2D eigenvalue weighted by Gasteiger charge is 2.40. The maximum absolute atomic E-state index is 6.34. The second-order valence-electron chi connectivity index (χ2n) is 4.88. The van der Waals surface area contributed by atoms with Crippen LogP contribution >= 0.6 is 0 Å². The fourth-order valence-electron chi connectivity index (χ4n) is 2.42. The predicted octanol–water partition coefficient (Wildman–Crippen LogP) is 3.89. The second-order valence-corrected chi connectivity index (χ2v) is 9.11. The molecule has 2 heteroatoms. The van der Waals surface area contributed by atoms with Gasteiger partial charge in [-0.05, 0) is 38.4 Å². The van der Waals surface area contributed by atoms with Crippen molar-refractivity contribution in [2.75, 3.05) is 0 Å². The van der Waals surface area contributed by atoms with Crippen LogP contribution in [0.1, 0.15) is 25.7 Å². The lowest BCUT2D eigenvalue weighted by Gasteiger charge is -2.44. The molecule has 0 aromatic heterocycles. The normalized spacial score (nSPS) is 24.1. The first-order chi connectivity index (χ1) is 6.54. The first-order valence-corrected chi connectivity index (χ1v) is 8.57. The summed E-state index contributed by atoms with van der Waals surface area (Å²) in [5, 5.41) is 0. The molecule has 0 radical (unpaired) electrons. The molecule has 1 heterocycles. The molecule has 14 heavy (non-hydrogen) atoms. The van der Waals surface area contributed by atoms with Crippen molar-refractivity contribution >= 4 is 8.32 Å². The first-order valence-electron chi connectivity index (χ1n) is 5.46. The van der Waals surface area contributed by atoms with Gasteiger partial charge in [-0.1, -0.05) is 18.6 Å². The molecule has 0 atom stereocenters. The van der Waals surface area contributed by atoms with E-state index in [4.69, 9.17) is 4.43 Å². The van der Waals surface area contributed by atoms with E-state index in [1.54, 1.807) is 0 Å². The minimum Gasteiger partial charge on any atom is -0.411 e. The van der Waals surface area contributed by atoms with Crippen LogP contribution in [0.4, 0.5) is 0 Å². The topological polar surface area (TPSA) is 9.23 Å². The van der Waals surface area contributed by atoms with Crippen LogP contribution in [-0.2, 0) is 4.43 Å². The third-order valence-electron chi connectivity index (χ3n) is 2.94. The lowest BCUT2D eigenvalue weighted by Crippen LogP contribution is -2.47. The molecule has 0 aromatic carbocycles. The largest absolute Gasteiger partial charge is 0.411 e. The van der Waals surface area contributed by atoms with Crippen LogP contribution < -0.4 is 0 Å². The zero-order valence-corrected chi connectivity index (χ0v) is 10.5. The van der Waals surface area contributed by atoms with Crippen LogP contribution in [0.25, 0.3) is 0 Å². The molecular weight excluding hydrogens is 188 g/mol. The van der Waals surface area contributed by atoms with Crippen molar-refractivity contribution < 1.29 is 4.43 Å². The van der Waals surface area contributed by atoms with Gasteiger partial charge in [0, 0.05) is 0 Å². The Hall–Kier alpha value is -0.343. The van der Waals surface area contributed by atoms with Gasteiger partial charge in [0.1, 0.15) is 0 Å². The van der Waals surface area contributed by atoms with Crippen LogP contribution in [0.5, 0.6) is 0 Å². The van der Waals surface area contributed by atoms with E-state index < -0.39 is 8.32 Å². The minimum absolute atomic E-state index is 0.0392. The molecule has 0 N–H and O–H groups in total. The van der Waals surface area contributed by atoms with Crippen molar-refractivity contribution in [2.45, 2.75) is 50.4 Å². The Morgan fingerprint density at radius 1 is 1.29 bits per heavy atom. The molecule has 0 amide bonds. The summed E-state index contributed by atoms with van der Waals surface area (Å²) in [5.74, 6) is 0. The van der Waals surface area contributed by atoms with Crippen molar-refractivity contribution in [1.82, 2.24) is 0 Å². The Morgan fingerprint density at radius 2 is 1.86 bits per heavy atom. The van der Waals surface area contributed by atoms with Crippen molar-refractivity contribution in [1.29, 1.82) is 0 Å². The predicted molar refractivity (Wildman–Crippen MR) is 65.0 cm³/mol. The highest BCUT2D eigenvalue weighted by molar-refractivity contribution is 6.71. The molecule has 0 unspecified atom stereocenters. The molecule has 1 saturated heterocycles. The molecule has 1 fully saturated rings. The zero-order chi connectivity index (χ0) is 10.7. The van der Waals surface area contributed by atoms with Crippen LogP contribution in [-0.4, -0.2) is 13.9 Å². The molecule has 0 bridgehead atoms. The monoisotopic (exact) mass is 210 g/mol. The molecule has 1 nitrogen and oxygen atoms in total. The summed E-state index contributed by atoms with van der Waals surface area (Å²) in [5.41, 5.74) is 0.0392. The highest BCUT2D eigenvalue weighted by Crippen LogP contribution is 2.38. The summed E-state index contributed by atoms with van der Waals surface area (Å²) >= 11 is 0. The van der Waals surface area contributed by atoms with Crippen LogP contribution in [0.15, 0.2) is 25.3 Å². The van der Waals surface area contributed by atoms with Crippen molar-refractivity contribution in [3.8, 4) is 0 Å². The summed E-state index contributed by atoms with van der Waals surface area (Å²) in [4.78, 5) is 0. The van der Waals surface area contributed by atoms with Crippen LogP contribution in [0.3, 0.4) is 0 Å². The fraction of sp³-hybridized carbons (Fsp3) is 0.667. The van der Waals surface area contributed by atoms with Crippen molar-refractivity contribution in [3.05, 3.63) is 25.3 Å². The highest BCUT2D eigenvalue weighted by atomic mass is 28.4. The molecule has 0 aliphatic carbocycles. The first kappa shape index (κ1) is 11.7. The van der Waals surface area contributed by atoms with Crippen molar-refractivity contribution in [2.24, 2.45) is 0 Å². The van der Waals surface area contributed by atoms with E-state index in [9.17, 15) is 0 Å². The molecule has 0 spiro atoms. The summed E-state index contributed by atoms with van der Waals surface area (Å²) in [6, 6.07) is 1.29. The van der Waals surface area contributed by atoms with Gasteiger partial charge < -0.3 is 4.43 Å². The number of hydrogen-bond acceptors (Lipinski definition) is 1. The van der Waals surface area contributed by atoms with Gasteiger partial charge in [0.15, 0.2) is 8.32 Å². The van der Waals surface area contributed by atoms with Gasteiger partial charge >= 0.3 is 0 Å². The lowest BCUT2D eigenvalue weighted by molar-refractivity contribution is 0.0401.